The molecule has 0 radical (unpaired) electrons. The molecular formula is C25H23N5O. The van der Waals surface area contributed by atoms with E-state index in [-0.39, 0.29) is 11.8 Å². The van der Waals surface area contributed by atoms with Crippen molar-refractivity contribution in [1.29, 1.82) is 5.26 Å². The zero-order chi connectivity index (χ0) is 22.0. The van der Waals surface area contributed by atoms with Gasteiger partial charge in [-0.15, -0.1) is 0 Å². The molecule has 3 N–H and O–H groups in total. The highest BCUT2D eigenvalue weighted by molar-refractivity contribution is 5.93. The predicted molar refractivity (Wildman–Crippen MR) is 124 cm³/mol. The number of hydrogen-bond donors (Lipinski definition) is 3. The molecule has 2 aromatic heterocycles. The largest absolute Gasteiger partial charge is 0.361 e. The third-order valence-electron chi connectivity index (χ3n) is 5.32. The first-order valence-electron chi connectivity index (χ1n) is 10.1. The number of aromatic nitrogens is 2. The number of hydrogen-bond acceptors (Lipinski definition) is 4. The molecular weight excluding hydrogens is 386 g/mol. The van der Waals surface area contributed by atoms with Crippen LogP contribution in [0.3, 0.4) is 0 Å². The molecule has 31 heavy (non-hydrogen) atoms. The summed E-state index contributed by atoms with van der Waals surface area (Å²) in [6, 6.07) is 15.9. The van der Waals surface area contributed by atoms with Gasteiger partial charge in [0.15, 0.2) is 0 Å². The fourth-order valence-corrected chi connectivity index (χ4v) is 3.47. The van der Waals surface area contributed by atoms with E-state index in [0.29, 0.717) is 11.3 Å². The molecule has 0 fully saturated rings. The minimum atomic E-state index is -0.0902. The maximum Gasteiger partial charge on any atom is 0.226 e. The Kier molecular flexibility index (Phi) is 5.42. The Bertz CT molecular complexity index is 1300. The number of fused-ring (bicyclic) bond motifs is 1. The molecule has 0 aliphatic carbocycles. The number of H-pyrrole nitrogens is 1. The highest BCUT2D eigenvalue weighted by atomic mass is 16.1. The number of rotatable bonds is 5. The van der Waals surface area contributed by atoms with Gasteiger partial charge in [0.05, 0.1) is 11.3 Å². The fraction of sp³-hybridized carbons (Fsp3) is 0.160. The molecule has 2 heterocycles. The van der Waals surface area contributed by atoms with Crippen molar-refractivity contribution in [1.82, 2.24) is 9.97 Å². The number of nitrogens with zero attached hydrogens (tertiary/aromatic N) is 2. The summed E-state index contributed by atoms with van der Waals surface area (Å²) in [7, 11) is 0. The topological polar surface area (TPSA) is 93.6 Å². The van der Waals surface area contributed by atoms with Crippen LogP contribution in [0.5, 0.6) is 0 Å². The number of carbonyl (C=O) groups is 1. The standard InChI is InChI=1S/C25H23N5O/c1-15(2)25(31)29-19-6-4-17(5-7-19)21-14-27-13-18(12-26)24(21)30-22-8-9-23-20(16(22)3)10-11-28-23/h4-11,13-15,28H,1-3H3,(H,27,30)(H,29,31). The SMILES string of the molecule is Cc1c(Nc2c(C#N)cncc2-c2ccc(NC(=O)C(C)C)cc2)ccc2[nH]ccc12. The molecule has 0 spiro atoms. The Labute approximate surface area is 180 Å². The van der Waals surface area contributed by atoms with Crippen molar-refractivity contribution in [2.24, 2.45) is 5.92 Å². The number of nitrogens with one attached hydrogen (secondary N) is 3. The summed E-state index contributed by atoms with van der Waals surface area (Å²) >= 11 is 0. The Morgan fingerprint density at radius 1 is 1.10 bits per heavy atom. The molecule has 154 valence electrons. The Morgan fingerprint density at radius 3 is 2.58 bits per heavy atom. The smallest absolute Gasteiger partial charge is 0.226 e. The first kappa shape index (κ1) is 20.2. The average Bonchev–Trinajstić information content (AvgIpc) is 3.26. The third-order valence-corrected chi connectivity index (χ3v) is 5.32. The maximum absolute atomic E-state index is 11.9. The van der Waals surface area contributed by atoms with Crippen LogP contribution in [0.2, 0.25) is 0 Å². The quantitative estimate of drug-likeness (QED) is 0.391. The zero-order valence-electron chi connectivity index (χ0n) is 17.7. The van der Waals surface area contributed by atoms with Gasteiger partial charge in [-0.25, -0.2) is 0 Å². The average molecular weight is 409 g/mol. The number of benzene rings is 2. The van der Waals surface area contributed by atoms with Crippen molar-refractivity contribution in [3.05, 3.63) is 72.2 Å². The third kappa shape index (κ3) is 3.99. The van der Waals surface area contributed by atoms with E-state index in [1.165, 1.54) is 0 Å². The van der Waals surface area contributed by atoms with Gasteiger partial charge < -0.3 is 15.6 Å². The van der Waals surface area contributed by atoms with Gasteiger partial charge in [-0.2, -0.15) is 5.26 Å². The number of pyridine rings is 1. The summed E-state index contributed by atoms with van der Waals surface area (Å²) in [4.78, 5) is 19.4. The van der Waals surface area contributed by atoms with Gasteiger partial charge in [0, 0.05) is 52.3 Å². The molecule has 0 atom stereocenters. The number of anilines is 3. The highest BCUT2D eigenvalue weighted by Crippen LogP contribution is 2.35. The van der Waals surface area contributed by atoms with Gasteiger partial charge >= 0.3 is 0 Å². The van der Waals surface area contributed by atoms with E-state index in [9.17, 15) is 10.1 Å². The summed E-state index contributed by atoms with van der Waals surface area (Å²) in [5, 5.41) is 17.2. The minimum absolute atomic E-state index is 0.0288. The minimum Gasteiger partial charge on any atom is -0.361 e. The van der Waals surface area contributed by atoms with Crippen LogP contribution in [-0.4, -0.2) is 15.9 Å². The number of amides is 1. The van der Waals surface area contributed by atoms with Crippen molar-refractivity contribution < 1.29 is 4.79 Å². The number of carbonyl (C=O) groups excluding carboxylic acids is 1. The summed E-state index contributed by atoms with van der Waals surface area (Å²) in [6.07, 6.45) is 5.22. The molecule has 0 bridgehead atoms. The van der Waals surface area contributed by atoms with Gasteiger partial charge in [-0.3, -0.25) is 9.78 Å². The van der Waals surface area contributed by atoms with Crippen LogP contribution in [0.4, 0.5) is 17.1 Å². The molecule has 1 amide bonds. The maximum atomic E-state index is 11.9. The molecule has 4 rings (SSSR count). The lowest BCUT2D eigenvalue weighted by molar-refractivity contribution is -0.118. The lowest BCUT2D eigenvalue weighted by Crippen LogP contribution is -2.17. The molecule has 6 nitrogen and oxygen atoms in total. The van der Waals surface area contributed by atoms with E-state index < -0.39 is 0 Å². The van der Waals surface area contributed by atoms with E-state index in [1.807, 2.05) is 62.5 Å². The molecule has 0 aliphatic heterocycles. The summed E-state index contributed by atoms with van der Waals surface area (Å²) in [5.41, 5.74) is 6.70. The van der Waals surface area contributed by atoms with E-state index >= 15 is 0 Å². The monoisotopic (exact) mass is 409 g/mol. The van der Waals surface area contributed by atoms with Crippen molar-refractivity contribution >= 4 is 33.9 Å². The van der Waals surface area contributed by atoms with Crippen LogP contribution in [0.15, 0.2) is 61.1 Å². The molecule has 2 aromatic carbocycles. The second-order valence-corrected chi connectivity index (χ2v) is 7.74. The van der Waals surface area contributed by atoms with E-state index in [2.05, 4.69) is 33.6 Å². The lowest BCUT2D eigenvalue weighted by Gasteiger charge is -2.16. The Balaban J connectivity index is 1.72. The first-order valence-corrected chi connectivity index (χ1v) is 10.1. The van der Waals surface area contributed by atoms with Crippen LogP contribution in [0.1, 0.15) is 25.0 Å². The van der Waals surface area contributed by atoms with E-state index in [0.717, 1.165) is 39.0 Å². The lowest BCUT2D eigenvalue weighted by atomic mass is 10.0. The molecule has 0 unspecified atom stereocenters. The first-order chi connectivity index (χ1) is 15.0. The van der Waals surface area contributed by atoms with Crippen molar-refractivity contribution in [2.45, 2.75) is 20.8 Å². The van der Waals surface area contributed by atoms with Gasteiger partial charge in [-0.05, 0) is 48.4 Å². The predicted octanol–water partition coefficient (Wildman–Crippen LogP) is 5.75. The van der Waals surface area contributed by atoms with Crippen molar-refractivity contribution in [3.8, 4) is 17.2 Å². The van der Waals surface area contributed by atoms with Crippen LogP contribution in [0.25, 0.3) is 22.0 Å². The van der Waals surface area contributed by atoms with Crippen LogP contribution in [0, 0.1) is 24.2 Å². The van der Waals surface area contributed by atoms with Crippen LogP contribution < -0.4 is 10.6 Å². The summed E-state index contributed by atoms with van der Waals surface area (Å²) < 4.78 is 0. The van der Waals surface area contributed by atoms with E-state index in [4.69, 9.17) is 0 Å². The number of aromatic amines is 1. The van der Waals surface area contributed by atoms with Gasteiger partial charge in [0.1, 0.15) is 6.07 Å². The number of aryl methyl sites for hydroxylation is 1. The summed E-state index contributed by atoms with van der Waals surface area (Å²) in [5.74, 6) is -0.119. The van der Waals surface area contributed by atoms with Crippen molar-refractivity contribution in [3.63, 3.8) is 0 Å². The zero-order valence-corrected chi connectivity index (χ0v) is 17.7. The fourth-order valence-electron chi connectivity index (χ4n) is 3.47. The molecule has 4 aromatic rings. The highest BCUT2D eigenvalue weighted by Gasteiger charge is 2.14. The van der Waals surface area contributed by atoms with Gasteiger partial charge in [0.2, 0.25) is 5.91 Å². The van der Waals surface area contributed by atoms with Gasteiger partial charge in [-0.1, -0.05) is 26.0 Å². The van der Waals surface area contributed by atoms with Crippen molar-refractivity contribution in [2.75, 3.05) is 10.6 Å². The Hall–Kier alpha value is -4.11. The molecule has 0 saturated heterocycles. The van der Waals surface area contributed by atoms with Crippen LogP contribution in [-0.2, 0) is 4.79 Å². The molecule has 0 saturated carbocycles. The van der Waals surface area contributed by atoms with E-state index in [1.54, 1.807) is 12.4 Å². The summed E-state index contributed by atoms with van der Waals surface area (Å²) in [6.45, 7) is 5.76. The van der Waals surface area contributed by atoms with Gasteiger partial charge in [0.25, 0.3) is 0 Å². The molecule has 0 aliphatic rings. The Morgan fingerprint density at radius 2 is 1.87 bits per heavy atom. The second kappa shape index (κ2) is 8.33. The second-order valence-electron chi connectivity index (χ2n) is 7.74. The normalized spacial score (nSPS) is 10.8. The number of nitriles is 1. The van der Waals surface area contributed by atoms with Crippen LogP contribution >= 0.6 is 0 Å². The molecule has 6 heteroatoms.